The summed E-state index contributed by atoms with van der Waals surface area (Å²) >= 11 is 0. The van der Waals surface area contributed by atoms with E-state index in [1.54, 1.807) is 52.3 Å². The van der Waals surface area contributed by atoms with Gasteiger partial charge in [0, 0.05) is 24.5 Å². The van der Waals surface area contributed by atoms with Gasteiger partial charge in [-0.3, -0.25) is 9.59 Å². The Morgan fingerprint density at radius 2 is 1.22 bits per heavy atom. The fourth-order valence-corrected chi connectivity index (χ4v) is 7.94. The molecule has 2 fully saturated rings. The number of imidazole rings is 2. The summed E-state index contributed by atoms with van der Waals surface area (Å²) in [5, 5.41) is 8.47. The highest BCUT2D eigenvalue weighted by molar-refractivity contribution is 7.59. The lowest BCUT2D eigenvalue weighted by molar-refractivity contribution is -0.188. The van der Waals surface area contributed by atoms with Crippen molar-refractivity contribution in [2.24, 2.45) is 4.99 Å². The third-order valence-electron chi connectivity index (χ3n) is 10.7. The number of likely N-dealkylation sites (tertiary alicyclic amines) is 2. The van der Waals surface area contributed by atoms with Gasteiger partial charge in [0.1, 0.15) is 17.7 Å². The van der Waals surface area contributed by atoms with Crippen LogP contribution in [0.5, 0.6) is 0 Å². The molecule has 0 saturated carbocycles. The number of aromatic nitrogens is 4. The molecule has 17 nitrogen and oxygen atoms in total. The predicted octanol–water partition coefficient (Wildman–Crippen LogP) is 8.35. The molecule has 2 aromatic heterocycles. The van der Waals surface area contributed by atoms with Gasteiger partial charge in [-0.05, 0) is 73.2 Å². The van der Waals surface area contributed by atoms with E-state index in [4.69, 9.17) is 19.6 Å². The third-order valence-corrected chi connectivity index (χ3v) is 10.7. The highest BCUT2D eigenvalue weighted by Gasteiger charge is 2.38. The number of urea groups is 1. The summed E-state index contributed by atoms with van der Waals surface area (Å²) in [6.07, 6.45) is 3.41. The van der Waals surface area contributed by atoms with E-state index in [1.165, 1.54) is 14.2 Å². The highest BCUT2D eigenvalue weighted by Crippen LogP contribution is 2.36. The predicted molar refractivity (Wildman–Crippen MR) is 257 cm³/mol. The molecule has 8 rings (SSSR count). The average Bonchev–Trinajstić information content (AvgIpc) is 4.10. The van der Waals surface area contributed by atoms with Crippen LogP contribution in [0.1, 0.15) is 87.5 Å². The van der Waals surface area contributed by atoms with Gasteiger partial charge in [0.25, 0.3) is 11.8 Å². The Kier molecular flexibility index (Phi) is 17.7. The first-order valence-electron chi connectivity index (χ1n) is 19.6. The molecule has 2 saturated heterocycles. The van der Waals surface area contributed by atoms with Crippen LogP contribution >= 0.6 is 27.0 Å². The van der Waals surface area contributed by atoms with Crippen molar-refractivity contribution in [1.82, 2.24) is 35.1 Å². The largest absolute Gasteiger partial charge is 0.453 e. The molecule has 64 heavy (non-hydrogen) atoms. The number of ether oxygens (including phenoxy) is 1. The van der Waals surface area contributed by atoms with E-state index in [1.807, 2.05) is 54.6 Å². The molecule has 4 atom stereocenters. The summed E-state index contributed by atoms with van der Waals surface area (Å²) in [5.41, 5.74) is 5.20. The average molecular weight is 913 g/mol. The molecule has 2 aliphatic rings. The minimum Gasteiger partial charge on any atom is -0.453 e. The summed E-state index contributed by atoms with van der Waals surface area (Å²) in [5.74, 6) is 0.816. The molecule has 0 unspecified atom stereocenters. The van der Waals surface area contributed by atoms with Crippen molar-refractivity contribution in [3.05, 3.63) is 120 Å². The molecule has 0 radical (unpaired) electrons. The Morgan fingerprint density at radius 3 is 1.72 bits per heavy atom. The number of amides is 5. The van der Waals surface area contributed by atoms with Gasteiger partial charge in [-0.15, -0.1) is 0 Å². The van der Waals surface area contributed by atoms with E-state index < -0.39 is 24.2 Å². The van der Waals surface area contributed by atoms with Crippen LogP contribution in [0, 0.1) is 0 Å². The highest BCUT2D eigenvalue weighted by atomic mass is 32.1. The molecule has 4 aromatic carbocycles. The second-order valence-corrected chi connectivity index (χ2v) is 14.5. The molecule has 5 N–H and O–H groups in total. The zero-order valence-electron chi connectivity index (χ0n) is 34.0. The topological polar surface area (TPSA) is 208 Å². The first-order chi connectivity index (χ1) is 29.3. The normalized spacial score (nSPS) is 16.4. The maximum atomic E-state index is 13.9. The lowest BCUT2D eigenvalue weighted by Gasteiger charge is -2.28. The first-order valence-corrected chi connectivity index (χ1v) is 19.6. The maximum Gasteiger partial charge on any atom is 0.407 e. The fraction of sp³-hybridized carbons (Fsp3) is 0.311. The van der Waals surface area contributed by atoms with Gasteiger partial charge in [0.2, 0.25) is 6.40 Å². The van der Waals surface area contributed by atoms with Crippen molar-refractivity contribution in [2.75, 3.05) is 37.9 Å². The number of alkyl carbamates (subject to hydrolysis) is 1. The number of anilines is 2. The van der Waals surface area contributed by atoms with Gasteiger partial charge >= 0.3 is 12.1 Å². The third kappa shape index (κ3) is 11.0. The summed E-state index contributed by atoms with van der Waals surface area (Å²) in [4.78, 5) is 87.1. The molecule has 4 heterocycles. The number of aromatic amines is 2. The van der Waals surface area contributed by atoms with Gasteiger partial charge in [-0.2, -0.15) is 31.9 Å². The van der Waals surface area contributed by atoms with Crippen molar-refractivity contribution in [1.29, 1.82) is 0 Å². The number of carbonyl (C=O) groups is 4. The number of carbonyl (C=O) groups excluding carboxylic acids is 4. The lowest BCUT2D eigenvalue weighted by Crippen LogP contribution is -2.42. The SMILES string of the molecule is C.C.COOC=N[C@H](C(=O)N1CCC[C@H]1c1nc2ccc(NC(=O)Nc3ccc4nc([C@@H]5CCCN5C(=O)[C@H](NC(=O)OC)c5ccccc5)[nH]c4c3)cc2[nH]1)c1ccccc1.S.S. The number of hydrogen-bond acceptors (Lipinski definition) is 10. The van der Waals surface area contributed by atoms with Crippen molar-refractivity contribution in [3.8, 4) is 0 Å². The number of methoxy groups -OCH3 is 1. The smallest absolute Gasteiger partial charge is 0.407 e. The number of fused-ring (bicyclic) bond motifs is 2. The molecule has 0 spiro atoms. The van der Waals surface area contributed by atoms with Crippen LogP contribution in [-0.2, 0) is 24.1 Å². The number of rotatable bonds is 12. The molecular formula is C45H56N10O7S2. The van der Waals surface area contributed by atoms with E-state index in [2.05, 4.69) is 35.8 Å². The maximum absolute atomic E-state index is 13.9. The van der Waals surface area contributed by atoms with Crippen molar-refractivity contribution < 1.29 is 33.7 Å². The lowest BCUT2D eigenvalue weighted by atomic mass is 10.1. The van der Waals surface area contributed by atoms with Crippen LogP contribution in [0.3, 0.4) is 0 Å². The molecule has 340 valence electrons. The molecule has 0 bridgehead atoms. The van der Waals surface area contributed by atoms with Crippen LogP contribution in [0.4, 0.5) is 21.0 Å². The minimum absolute atomic E-state index is 0. The van der Waals surface area contributed by atoms with E-state index in [9.17, 15) is 19.2 Å². The summed E-state index contributed by atoms with van der Waals surface area (Å²) in [6, 6.07) is 26.2. The number of nitrogens with one attached hydrogen (secondary N) is 5. The fourth-order valence-electron chi connectivity index (χ4n) is 7.94. The Morgan fingerprint density at radius 1 is 0.719 bits per heavy atom. The van der Waals surface area contributed by atoms with Crippen LogP contribution in [-0.4, -0.2) is 87.4 Å². The van der Waals surface area contributed by atoms with Crippen LogP contribution in [0.25, 0.3) is 22.1 Å². The van der Waals surface area contributed by atoms with Crippen LogP contribution < -0.4 is 16.0 Å². The Bertz CT molecular complexity index is 2540. The van der Waals surface area contributed by atoms with Crippen LogP contribution in [0.15, 0.2) is 102 Å². The van der Waals surface area contributed by atoms with Crippen molar-refractivity contribution in [2.45, 2.75) is 64.7 Å². The quantitative estimate of drug-likeness (QED) is 0.0345. The summed E-state index contributed by atoms with van der Waals surface area (Å²) < 4.78 is 4.81. The zero-order chi connectivity index (χ0) is 41.6. The molecular weight excluding hydrogens is 857 g/mol. The standard InChI is InChI=1S/C43H44N10O7.2CH4.2H2S/c1-58-43(57)51-37(27-13-7-4-8-14-27)41(55)53-22-10-16-35(53)39-48-31-20-18-29(24-33(31)50-39)46-42(56)45-28-17-19-30-32(23-28)49-38(47-30)34-15-9-21-52(34)40(54)36(44-25-60-59-2)26-11-5-3-6-12-26;;;;/h3-8,11-14,17-20,23-25,34-37H,9-10,15-16,21-22H2,1-2H3,(H,47,49)(H,48,50)(H,51,57)(H2,45,46,56);2*1H4;2*1H2/t34-,35-,36-,37+;;;;/m0..../s1. The first kappa shape index (κ1) is 50.1. The van der Waals surface area contributed by atoms with Gasteiger partial charge in [0.05, 0.1) is 48.4 Å². The summed E-state index contributed by atoms with van der Waals surface area (Å²) in [6.45, 7) is 1.05. The van der Waals surface area contributed by atoms with Gasteiger partial charge in [0.15, 0.2) is 6.04 Å². The molecule has 2 aliphatic heterocycles. The number of hydrogen-bond donors (Lipinski definition) is 5. The van der Waals surface area contributed by atoms with E-state index in [0.29, 0.717) is 70.2 Å². The number of H-pyrrole nitrogens is 2. The Hall–Kier alpha value is -6.57. The van der Waals surface area contributed by atoms with Gasteiger partial charge in [-0.25, -0.2) is 24.5 Å². The van der Waals surface area contributed by atoms with E-state index >= 15 is 0 Å². The van der Waals surface area contributed by atoms with Crippen LogP contribution in [0.2, 0.25) is 0 Å². The monoisotopic (exact) mass is 912 g/mol. The number of benzene rings is 4. The minimum atomic E-state index is -0.927. The van der Waals surface area contributed by atoms with Gasteiger partial charge in [-0.1, -0.05) is 75.5 Å². The number of aliphatic imine (C=N–C) groups is 1. The Labute approximate surface area is 385 Å². The van der Waals surface area contributed by atoms with E-state index in [-0.39, 0.29) is 65.7 Å². The second kappa shape index (κ2) is 22.7. The van der Waals surface area contributed by atoms with E-state index in [0.717, 1.165) is 31.2 Å². The molecule has 5 amide bonds. The number of nitrogens with zero attached hydrogens (tertiary/aromatic N) is 5. The summed E-state index contributed by atoms with van der Waals surface area (Å²) in [7, 11) is 2.62. The second-order valence-electron chi connectivity index (χ2n) is 14.5. The van der Waals surface area contributed by atoms with Crippen molar-refractivity contribution >= 4 is 90.8 Å². The molecule has 0 aliphatic carbocycles. The van der Waals surface area contributed by atoms with Crippen molar-refractivity contribution in [3.63, 3.8) is 0 Å². The zero-order valence-corrected chi connectivity index (χ0v) is 36.0. The Balaban J connectivity index is 0.00000224. The van der Waals surface area contributed by atoms with Gasteiger partial charge < -0.3 is 45.3 Å². The molecule has 19 heteroatoms. The molecule has 6 aromatic rings.